The van der Waals surface area contributed by atoms with E-state index in [4.69, 9.17) is 11.6 Å². The molecule has 1 aromatic heterocycles. The highest BCUT2D eigenvalue weighted by molar-refractivity contribution is 6.35. The summed E-state index contributed by atoms with van der Waals surface area (Å²) in [5.41, 5.74) is 3.18. The van der Waals surface area contributed by atoms with Crippen molar-refractivity contribution >= 4 is 39.7 Å². The molecule has 2 heterocycles. The molecular weight excluding hydrogens is 423 g/mol. The first-order valence-corrected chi connectivity index (χ1v) is 9.66. The molecule has 2 aliphatic rings. The van der Waals surface area contributed by atoms with E-state index in [-0.39, 0.29) is 5.82 Å². The molecule has 0 saturated heterocycles. The molecule has 3 aromatic rings. The topological polar surface area (TPSA) is 109 Å². The van der Waals surface area contributed by atoms with Crippen molar-refractivity contribution in [2.75, 3.05) is 5.32 Å². The highest BCUT2D eigenvalue weighted by Crippen LogP contribution is 2.33. The number of aliphatic imine (C=N–C) groups is 2. The Bertz CT molecular complexity index is 1330. The van der Waals surface area contributed by atoms with E-state index in [2.05, 4.69) is 25.5 Å². The molecule has 10 heteroatoms. The molecule has 2 atom stereocenters. The zero-order chi connectivity index (χ0) is 21.6. The highest BCUT2D eigenvalue weighted by atomic mass is 35.5. The van der Waals surface area contributed by atoms with Crippen LogP contribution in [0.25, 0.3) is 10.9 Å². The lowest BCUT2D eigenvalue weighted by atomic mass is 9.97. The van der Waals surface area contributed by atoms with E-state index in [1.54, 1.807) is 18.3 Å². The number of benzene rings is 2. The number of H-pyrrole nitrogens is 1. The molecule has 154 valence electrons. The van der Waals surface area contributed by atoms with Crippen molar-refractivity contribution in [3.8, 4) is 0 Å². The number of hydrogen-bond donors (Lipinski definition) is 2. The number of hydrogen-bond acceptors (Lipinski definition) is 6. The molecule has 0 spiro atoms. The molecule has 1 aliphatic heterocycles. The quantitative estimate of drug-likeness (QED) is 0.275. The third-order valence-corrected chi connectivity index (χ3v) is 5.39. The zero-order valence-corrected chi connectivity index (χ0v) is 16.5. The fraction of sp³-hybridized carbons (Fsp3) is 0.0952. The van der Waals surface area contributed by atoms with Gasteiger partial charge in [0, 0.05) is 28.8 Å². The summed E-state index contributed by atoms with van der Waals surface area (Å²) in [6.07, 6.45) is 5.15. The summed E-state index contributed by atoms with van der Waals surface area (Å²) >= 11 is 6.18. The van der Waals surface area contributed by atoms with Crippen molar-refractivity contribution < 1.29 is 9.31 Å². The monoisotopic (exact) mass is 436 g/mol. The summed E-state index contributed by atoms with van der Waals surface area (Å²) in [6, 6.07) is 11.5. The Morgan fingerprint density at radius 1 is 1.19 bits per heavy atom. The van der Waals surface area contributed by atoms with Crippen LogP contribution in [-0.2, 0) is 0 Å². The Kier molecular flexibility index (Phi) is 4.40. The van der Waals surface area contributed by atoms with Crippen LogP contribution in [0.4, 0.5) is 10.1 Å². The predicted molar refractivity (Wildman–Crippen MR) is 117 cm³/mol. The third kappa shape index (κ3) is 3.49. The first kappa shape index (κ1) is 19.1. The van der Waals surface area contributed by atoms with Crippen LogP contribution < -0.4 is 5.32 Å². The average molecular weight is 437 g/mol. The van der Waals surface area contributed by atoms with Gasteiger partial charge in [-0.2, -0.15) is 5.10 Å². The maximum atomic E-state index is 13.4. The molecular formula is C21H14ClFN6O2. The Balaban J connectivity index is 1.58. The number of amidine groups is 1. The number of anilines is 1. The number of halogens is 2. The highest BCUT2D eigenvalue weighted by Gasteiger charge is 2.40. The van der Waals surface area contributed by atoms with Gasteiger partial charge in [-0.05, 0) is 53.6 Å². The Morgan fingerprint density at radius 2 is 2.00 bits per heavy atom. The van der Waals surface area contributed by atoms with E-state index in [1.807, 2.05) is 18.2 Å². The van der Waals surface area contributed by atoms with Crippen molar-refractivity contribution in [1.82, 2.24) is 10.2 Å². The van der Waals surface area contributed by atoms with Crippen LogP contribution in [0, 0.1) is 15.9 Å². The van der Waals surface area contributed by atoms with Crippen LogP contribution in [0.5, 0.6) is 0 Å². The average Bonchev–Trinajstić information content (AvgIpc) is 3.22. The van der Waals surface area contributed by atoms with Gasteiger partial charge in [0.15, 0.2) is 6.17 Å². The largest absolute Gasteiger partial charge is 0.340 e. The normalized spacial score (nSPS) is 22.4. The van der Waals surface area contributed by atoms with Gasteiger partial charge in [0.05, 0.1) is 22.3 Å². The lowest BCUT2D eigenvalue weighted by Gasteiger charge is -2.26. The summed E-state index contributed by atoms with van der Waals surface area (Å²) in [5, 5.41) is 22.5. The van der Waals surface area contributed by atoms with Gasteiger partial charge < -0.3 is 5.32 Å². The minimum atomic E-state index is -1.89. The second-order valence-electron chi connectivity index (χ2n) is 7.09. The van der Waals surface area contributed by atoms with Crippen LogP contribution >= 0.6 is 11.6 Å². The molecule has 1 aliphatic carbocycles. The summed E-state index contributed by atoms with van der Waals surface area (Å²) < 4.78 is 13.4. The van der Waals surface area contributed by atoms with Gasteiger partial charge in [-0.1, -0.05) is 12.1 Å². The van der Waals surface area contributed by atoms with Crippen LogP contribution in [0.1, 0.15) is 11.7 Å². The molecule has 0 saturated carbocycles. The third-order valence-electron chi connectivity index (χ3n) is 5.02. The van der Waals surface area contributed by atoms with E-state index < -0.39 is 16.1 Å². The number of fused-ring (bicyclic) bond motifs is 2. The maximum absolute atomic E-state index is 13.4. The molecule has 5 rings (SSSR count). The van der Waals surface area contributed by atoms with Gasteiger partial charge in [-0.25, -0.2) is 9.38 Å². The van der Waals surface area contributed by atoms with Gasteiger partial charge in [-0.15, -0.1) is 0 Å². The maximum Gasteiger partial charge on any atom is 0.333 e. The van der Waals surface area contributed by atoms with Gasteiger partial charge in [0.25, 0.3) is 0 Å². The summed E-state index contributed by atoms with van der Waals surface area (Å²) in [4.78, 5) is 18.2. The van der Waals surface area contributed by atoms with Gasteiger partial charge in [0.1, 0.15) is 11.7 Å². The fourth-order valence-electron chi connectivity index (χ4n) is 3.42. The van der Waals surface area contributed by atoms with Crippen LogP contribution in [-0.4, -0.2) is 31.7 Å². The van der Waals surface area contributed by atoms with Crippen LogP contribution in [0.2, 0.25) is 0 Å². The smallest absolute Gasteiger partial charge is 0.333 e. The standard InChI is InChI=1S/C21H14ClFN6O2/c22-21(29(30)31)8-7-18-16(10-21)20(25-15-5-6-17-13(9-15)11-24-28-17)27-19(26-18)12-1-3-14(23)4-2-12/h1-11,19H,(H,24,28)(H,25,27). The molecule has 0 radical (unpaired) electrons. The molecule has 2 aromatic carbocycles. The van der Waals surface area contributed by atoms with Gasteiger partial charge in [0.2, 0.25) is 0 Å². The number of nitro groups is 1. The molecule has 31 heavy (non-hydrogen) atoms. The zero-order valence-electron chi connectivity index (χ0n) is 15.8. The summed E-state index contributed by atoms with van der Waals surface area (Å²) in [7, 11) is 0. The molecule has 0 bridgehead atoms. The van der Waals surface area contributed by atoms with E-state index in [0.29, 0.717) is 28.4 Å². The van der Waals surface area contributed by atoms with Crippen molar-refractivity contribution in [3.05, 3.63) is 94.0 Å². The van der Waals surface area contributed by atoms with Crippen LogP contribution in [0.3, 0.4) is 0 Å². The number of allylic oxidation sites excluding steroid dienone is 1. The van der Waals surface area contributed by atoms with E-state index in [9.17, 15) is 14.5 Å². The number of rotatable bonds is 3. The fourth-order valence-corrected chi connectivity index (χ4v) is 3.59. The van der Waals surface area contributed by atoms with Crippen LogP contribution in [0.15, 0.2) is 82.4 Å². The lowest BCUT2D eigenvalue weighted by Crippen LogP contribution is -2.35. The van der Waals surface area contributed by atoms with Gasteiger partial charge in [-0.3, -0.25) is 20.2 Å². The van der Waals surface area contributed by atoms with Crippen molar-refractivity contribution in [2.24, 2.45) is 9.98 Å². The Labute approximate surface area is 180 Å². The first-order chi connectivity index (χ1) is 14.9. The molecule has 0 amide bonds. The van der Waals surface area contributed by atoms with E-state index in [0.717, 1.165) is 10.9 Å². The summed E-state index contributed by atoms with van der Waals surface area (Å²) in [5.74, 6) is 0.0115. The SMILES string of the molecule is O=[N+]([O-])C1(Cl)C=CC2=NC(c3ccc(F)cc3)N=C(Nc3ccc4[nH]ncc4c3)C2=C1. The minimum absolute atomic E-state index is 0.362. The number of aromatic amines is 1. The summed E-state index contributed by atoms with van der Waals surface area (Å²) in [6.45, 7) is 0. The second kappa shape index (κ2) is 7.13. The predicted octanol–water partition coefficient (Wildman–Crippen LogP) is 4.37. The second-order valence-corrected chi connectivity index (χ2v) is 7.70. The molecule has 2 N–H and O–H groups in total. The van der Waals surface area contributed by atoms with Crippen molar-refractivity contribution in [1.29, 1.82) is 0 Å². The molecule has 8 nitrogen and oxygen atoms in total. The Morgan fingerprint density at radius 3 is 2.77 bits per heavy atom. The van der Waals surface area contributed by atoms with E-state index >= 15 is 0 Å². The first-order valence-electron chi connectivity index (χ1n) is 9.29. The Hall–Kier alpha value is -3.85. The number of nitrogens with zero attached hydrogens (tertiary/aromatic N) is 4. The van der Waals surface area contributed by atoms with E-state index in [1.165, 1.54) is 30.4 Å². The number of aromatic nitrogens is 2. The lowest BCUT2D eigenvalue weighted by molar-refractivity contribution is -0.514. The minimum Gasteiger partial charge on any atom is -0.340 e. The molecule has 0 fully saturated rings. The number of nitrogens with one attached hydrogen (secondary N) is 2. The molecule has 2 unspecified atom stereocenters. The van der Waals surface area contributed by atoms with Crippen molar-refractivity contribution in [3.63, 3.8) is 0 Å². The number of alkyl halides is 1. The van der Waals surface area contributed by atoms with Gasteiger partial charge >= 0.3 is 5.00 Å². The van der Waals surface area contributed by atoms with Crippen molar-refractivity contribution in [2.45, 2.75) is 11.2 Å².